The minimum Gasteiger partial charge on any atom is -0.329 e. The third-order valence-corrected chi connectivity index (χ3v) is 3.50. The molecule has 0 atom stereocenters. The lowest BCUT2D eigenvalue weighted by molar-refractivity contribution is 0.118. The first kappa shape index (κ1) is 15.2. The Hall–Kier alpha value is -0.860. The van der Waals surface area contributed by atoms with Crippen molar-refractivity contribution in [2.45, 2.75) is 53.1 Å². The van der Waals surface area contributed by atoms with Crippen molar-refractivity contribution in [3.8, 4) is 0 Å². The van der Waals surface area contributed by atoms with E-state index in [1.807, 2.05) is 0 Å². The van der Waals surface area contributed by atoms with Crippen molar-refractivity contribution in [3.63, 3.8) is 0 Å². The molecule has 2 N–H and O–H groups in total. The molecule has 0 fully saturated rings. The van der Waals surface area contributed by atoms with Crippen molar-refractivity contribution in [2.75, 3.05) is 13.1 Å². The average Bonchev–Trinajstić information content (AvgIpc) is 2.27. The highest BCUT2D eigenvalue weighted by atomic mass is 15.2. The van der Waals surface area contributed by atoms with Gasteiger partial charge < -0.3 is 5.73 Å². The molecule has 0 amide bonds. The van der Waals surface area contributed by atoms with Gasteiger partial charge in [0.15, 0.2) is 0 Å². The van der Waals surface area contributed by atoms with Crippen molar-refractivity contribution in [1.82, 2.24) is 4.90 Å². The summed E-state index contributed by atoms with van der Waals surface area (Å²) in [6.07, 6.45) is 1.16. The third kappa shape index (κ3) is 4.11. The minimum atomic E-state index is 0.0632. The van der Waals surface area contributed by atoms with E-state index < -0.39 is 0 Å². The zero-order valence-electron chi connectivity index (χ0n) is 12.6. The average molecular weight is 248 g/mol. The summed E-state index contributed by atoms with van der Waals surface area (Å²) in [4.78, 5) is 2.49. The van der Waals surface area contributed by atoms with Crippen LogP contribution in [0.25, 0.3) is 0 Å². The van der Waals surface area contributed by atoms with Gasteiger partial charge in [-0.05, 0) is 46.2 Å². The Kier molecular flexibility index (Phi) is 5.36. The van der Waals surface area contributed by atoms with Crippen LogP contribution >= 0.6 is 0 Å². The molecule has 0 radical (unpaired) electrons. The molecule has 0 aliphatic carbocycles. The lowest BCUT2D eigenvalue weighted by Crippen LogP contribution is -2.49. The lowest BCUT2D eigenvalue weighted by atomic mass is 10.00. The van der Waals surface area contributed by atoms with Gasteiger partial charge in [-0.1, -0.05) is 36.2 Å². The SMILES string of the molecule is CCCN(Cc1cc(C)cc(C)c1)C(C)(C)CN. The predicted molar refractivity (Wildman–Crippen MR) is 79.8 cm³/mol. The highest BCUT2D eigenvalue weighted by molar-refractivity contribution is 5.28. The van der Waals surface area contributed by atoms with Crippen molar-refractivity contribution in [1.29, 1.82) is 0 Å². The fourth-order valence-electron chi connectivity index (χ4n) is 2.38. The Bertz CT molecular complexity index is 362. The van der Waals surface area contributed by atoms with Gasteiger partial charge >= 0.3 is 0 Å². The number of benzene rings is 1. The smallest absolute Gasteiger partial charge is 0.0278 e. The Morgan fingerprint density at radius 1 is 1.11 bits per heavy atom. The maximum Gasteiger partial charge on any atom is 0.0278 e. The first-order valence-corrected chi connectivity index (χ1v) is 6.91. The van der Waals surface area contributed by atoms with Gasteiger partial charge in [0.25, 0.3) is 0 Å². The van der Waals surface area contributed by atoms with E-state index in [1.54, 1.807) is 0 Å². The van der Waals surface area contributed by atoms with Crippen LogP contribution in [0.3, 0.4) is 0 Å². The highest BCUT2D eigenvalue weighted by Crippen LogP contribution is 2.19. The van der Waals surface area contributed by atoms with Crippen molar-refractivity contribution in [2.24, 2.45) is 5.73 Å². The summed E-state index contributed by atoms with van der Waals surface area (Å²) < 4.78 is 0. The van der Waals surface area contributed by atoms with Gasteiger partial charge in [0, 0.05) is 18.6 Å². The topological polar surface area (TPSA) is 29.3 Å². The maximum absolute atomic E-state index is 5.91. The summed E-state index contributed by atoms with van der Waals surface area (Å²) >= 11 is 0. The zero-order chi connectivity index (χ0) is 13.8. The van der Waals surface area contributed by atoms with E-state index in [9.17, 15) is 0 Å². The molecule has 2 nitrogen and oxygen atoms in total. The fraction of sp³-hybridized carbons (Fsp3) is 0.625. The van der Waals surface area contributed by atoms with Gasteiger partial charge in [-0.25, -0.2) is 0 Å². The molecule has 0 bridgehead atoms. The second kappa shape index (κ2) is 6.35. The maximum atomic E-state index is 5.91. The van der Waals surface area contributed by atoms with Crippen molar-refractivity contribution >= 4 is 0 Å². The molecule has 1 aromatic carbocycles. The number of aryl methyl sites for hydroxylation is 2. The van der Waals surface area contributed by atoms with Crippen molar-refractivity contribution in [3.05, 3.63) is 34.9 Å². The van der Waals surface area contributed by atoms with Gasteiger partial charge in [-0.15, -0.1) is 0 Å². The normalized spacial score (nSPS) is 12.2. The molecule has 0 saturated heterocycles. The van der Waals surface area contributed by atoms with E-state index in [0.29, 0.717) is 6.54 Å². The molecule has 0 unspecified atom stereocenters. The molecule has 0 aliphatic heterocycles. The summed E-state index contributed by atoms with van der Waals surface area (Å²) in [5, 5.41) is 0. The third-order valence-electron chi connectivity index (χ3n) is 3.50. The van der Waals surface area contributed by atoms with Crippen LogP contribution in [0.15, 0.2) is 18.2 Å². The summed E-state index contributed by atoms with van der Waals surface area (Å²) in [5.41, 5.74) is 10.0. The van der Waals surface area contributed by atoms with E-state index in [0.717, 1.165) is 19.5 Å². The van der Waals surface area contributed by atoms with Crippen LogP contribution in [0, 0.1) is 13.8 Å². The van der Waals surface area contributed by atoms with Crippen LogP contribution in [-0.4, -0.2) is 23.5 Å². The van der Waals surface area contributed by atoms with E-state index in [1.165, 1.54) is 16.7 Å². The number of nitrogens with zero attached hydrogens (tertiary/aromatic N) is 1. The molecular weight excluding hydrogens is 220 g/mol. The number of hydrogen-bond donors (Lipinski definition) is 1. The molecule has 0 aliphatic rings. The summed E-state index contributed by atoms with van der Waals surface area (Å²) in [6, 6.07) is 6.78. The lowest BCUT2D eigenvalue weighted by Gasteiger charge is -2.38. The van der Waals surface area contributed by atoms with Crippen LogP contribution in [0.4, 0.5) is 0 Å². The highest BCUT2D eigenvalue weighted by Gasteiger charge is 2.24. The molecular formula is C16H28N2. The van der Waals surface area contributed by atoms with Crippen LogP contribution in [0.2, 0.25) is 0 Å². The summed E-state index contributed by atoms with van der Waals surface area (Å²) in [6.45, 7) is 13.8. The Balaban J connectivity index is 2.89. The van der Waals surface area contributed by atoms with Gasteiger partial charge in [-0.2, -0.15) is 0 Å². The molecule has 102 valence electrons. The van der Waals surface area contributed by atoms with E-state index in [4.69, 9.17) is 5.73 Å². The number of nitrogens with two attached hydrogens (primary N) is 1. The zero-order valence-corrected chi connectivity index (χ0v) is 12.6. The monoisotopic (exact) mass is 248 g/mol. The van der Waals surface area contributed by atoms with Crippen LogP contribution in [-0.2, 0) is 6.54 Å². The second-order valence-electron chi connectivity index (χ2n) is 5.93. The number of hydrogen-bond acceptors (Lipinski definition) is 2. The van der Waals surface area contributed by atoms with Gasteiger partial charge in [0.2, 0.25) is 0 Å². The Morgan fingerprint density at radius 3 is 2.11 bits per heavy atom. The Labute approximate surface area is 112 Å². The van der Waals surface area contributed by atoms with E-state index >= 15 is 0 Å². The molecule has 0 saturated carbocycles. The van der Waals surface area contributed by atoms with Crippen molar-refractivity contribution < 1.29 is 0 Å². The molecule has 0 aromatic heterocycles. The first-order valence-electron chi connectivity index (χ1n) is 6.91. The first-order chi connectivity index (χ1) is 8.39. The van der Waals surface area contributed by atoms with Gasteiger partial charge in [0.1, 0.15) is 0 Å². The number of rotatable bonds is 6. The molecule has 18 heavy (non-hydrogen) atoms. The molecule has 1 rings (SSSR count). The molecule has 0 heterocycles. The van der Waals surface area contributed by atoms with Gasteiger partial charge in [0.05, 0.1) is 0 Å². The molecule has 0 spiro atoms. The van der Waals surface area contributed by atoms with Crippen LogP contribution in [0.5, 0.6) is 0 Å². The van der Waals surface area contributed by atoms with Crippen LogP contribution < -0.4 is 5.73 Å². The Morgan fingerprint density at radius 2 is 1.67 bits per heavy atom. The molecule has 2 heteroatoms. The fourth-order valence-corrected chi connectivity index (χ4v) is 2.38. The molecule has 1 aromatic rings. The van der Waals surface area contributed by atoms with Crippen LogP contribution in [0.1, 0.15) is 43.9 Å². The summed E-state index contributed by atoms with van der Waals surface area (Å²) in [7, 11) is 0. The second-order valence-corrected chi connectivity index (χ2v) is 5.93. The predicted octanol–water partition coefficient (Wildman–Crippen LogP) is 3.25. The standard InChI is InChI=1S/C16H28N2/c1-6-7-18(16(4,5)12-17)11-15-9-13(2)8-14(3)10-15/h8-10H,6-7,11-12,17H2,1-5H3. The summed E-state index contributed by atoms with van der Waals surface area (Å²) in [5.74, 6) is 0. The minimum absolute atomic E-state index is 0.0632. The van der Waals surface area contributed by atoms with E-state index in [-0.39, 0.29) is 5.54 Å². The van der Waals surface area contributed by atoms with Gasteiger partial charge in [-0.3, -0.25) is 4.90 Å². The van der Waals surface area contributed by atoms with E-state index in [2.05, 4.69) is 57.7 Å². The quantitative estimate of drug-likeness (QED) is 0.837. The largest absolute Gasteiger partial charge is 0.329 e.